The van der Waals surface area contributed by atoms with Crippen LogP contribution in [0.25, 0.3) is 0 Å². The van der Waals surface area contributed by atoms with E-state index < -0.39 is 0 Å². The van der Waals surface area contributed by atoms with Crippen molar-refractivity contribution in [2.75, 3.05) is 26.2 Å². The second-order valence-corrected chi connectivity index (χ2v) is 7.29. The smallest absolute Gasteiger partial charge is 0.224 e. The summed E-state index contributed by atoms with van der Waals surface area (Å²) in [6.45, 7) is 6.60. The van der Waals surface area contributed by atoms with Gasteiger partial charge in [-0.05, 0) is 42.5 Å². The first-order chi connectivity index (χ1) is 12.8. The summed E-state index contributed by atoms with van der Waals surface area (Å²) in [5.41, 5.74) is 1.30. The summed E-state index contributed by atoms with van der Waals surface area (Å²) in [7, 11) is 0. The van der Waals surface area contributed by atoms with E-state index in [4.69, 9.17) is 0 Å². The lowest BCUT2D eigenvalue weighted by molar-refractivity contribution is -0.131. The van der Waals surface area contributed by atoms with E-state index >= 15 is 0 Å². The number of guanidine groups is 1. The number of fused-ring (bicyclic) bond motifs is 1. The number of carbonyl (C=O) groups excluding carboxylic acids is 1. The van der Waals surface area contributed by atoms with Gasteiger partial charge in [-0.2, -0.15) is 0 Å². The quantitative estimate of drug-likeness (QED) is 0.577. The number of rotatable bonds is 7. The molecule has 140 valence electrons. The molecule has 0 aliphatic carbocycles. The van der Waals surface area contributed by atoms with Crippen molar-refractivity contribution in [1.29, 1.82) is 0 Å². The third-order valence-corrected chi connectivity index (χ3v) is 5.45. The molecule has 2 aromatic rings. The van der Waals surface area contributed by atoms with Gasteiger partial charge in [0, 0.05) is 56.4 Å². The fourth-order valence-electron chi connectivity index (χ4n) is 3.05. The Balaban J connectivity index is 1.43. The van der Waals surface area contributed by atoms with Gasteiger partial charge in [-0.15, -0.1) is 11.3 Å². The van der Waals surface area contributed by atoms with Gasteiger partial charge in [-0.1, -0.05) is 0 Å². The molecule has 26 heavy (non-hydrogen) atoms. The van der Waals surface area contributed by atoms with Crippen LogP contribution in [-0.4, -0.2) is 47.5 Å². The Bertz CT molecular complexity index is 722. The maximum absolute atomic E-state index is 12.5. The molecule has 0 atom stereocenters. The van der Waals surface area contributed by atoms with Crippen molar-refractivity contribution >= 4 is 23.2 Å². The standard InChI is InChI=1S/C19H27N5OS/c1-2-20-19(22-9-13-23-10-3-4-11-23)21-8-5-18(25)24-12-6-17-16(15-24)7-14-26-17/h3-4,7,10-11,14H,2,5-6,8-9,12-13,15H2,1H3,(H2,20,21,22). The van der Waals surface area contributed by atoms with E-state index in [2.05, 4.69) is 31.6 Å². The van der Waals surface area contributed by atoms with E-state index in [0.29, 0.717) is 13.0 Å². The molecular formula is C19H27N5OS. The van der Waals surface area contributed by atoms with E-state index in [-0.39, 0.29) is 5.91 Å². The highest BCUT2D eigenvalue weighted by molar-refractivity contribution is 7.10. The highest BCUT2D eigenvalue weighted by Gasteiger charge is 2.20. The molecule has 2 N–H and O–H groups in total. The molecule has 2 aromatic heterocycles. The van der Waals surface area contributed by atoms with Crippen molar-refractivity contribution in [1.82, 2.24) is 20.1 Å². The van der Waals surface area contributed by atoms with Gasteiger partial charge in [-0.25, -0.2) is 0 Å². The molecule has 0 aromatic carbocycles. The van der Waals surface area contributed by atoms with Gasteiger partial charge < -0.3 is 20.1 Å². The first-order valence-corrected chi connectivity index (χ1v) is 10.1. The Morgan fingerprint density at radius 1 is 1.31 bits per heavy atom. The molecule has 6 nitrogen and oxygen atoms in total. The van der Waals surface area contributed by atoms with Gasteiger partial charge in [0.2, 0.25) is 5.91 Å². The molecule has 0 bridgehead atoms. The van der Waals surface area contributed by atoms with Crippen LogP contribution in [0.15, 0.2) is 41.0 Å². The molecule has 7 heteroatoms. The zero-order valence-electron chi connectivity index (χ0n) is 15.3. The maximum Gasteiger partial charge on any atom is 0.224 e. The third kappa shape index (κ3) is 5.11. The maximum atomic E-state index is 12.5. The van der Waals surface area contributed by atoms with Crippen LogP contribution in [-0.2, 0) is 24.3 Å². The van der Waals surface area contributed by atoms with Crippen molar-refractivity contribution in [2.45, 2.75) is 32.9 Å². The second-order valence-electron chi connectivity index (χ2n) is 6.29. The van der Waals surface area contributed by atoms with Gasteiger partial charge in [0.05, 0.1) is 6.54 Å². The molecule has 1 aliphatic rings. The zero-order chi connectivity index (χ0) is 18.2. The van der Waals surface area contributed by atoms with Gasteiger partial charge in [0.25, 0.3) is 0 Å². The number of nitrogens with one attached hydrogen (secondary N) is 2. The fraction of sp³-hybridized carbons (Fsp3) is 0.474. The lowest BCUT2D eigenvalue weighted by atomic mass is 10.1. The van der Waals surface area contributed by atoms with Crippen LogP contribution in [0.2, 0.25) is 0 Å². The third-order valence-electron chi connectivity index (χ3n) is 4.43. The largest absolute Gasteiger partial charge is 0.357 e. The molecule has 1 amide bonds. The van der Waals surface area contributed by atoms with Crippen molar-refractivity contribution < 1.29 is 4.79 Å². The average molecular weight is 374 g/mol. The monoisotopic (exact) mass is 373 g/mol. The number of thiophene rings is 1. The van der Waals surface area contributed by atoms with Crippen LogP contribution in [0.1, 0.15) is 23.8 Å². The Morgan fingerprint density at radius 2 is 2.15 bits per heavy atom. The second kappa shape index (κ2) is 9.43. The SMILES string of the molecule is CCNC(=NCCC(=O)N1CCc2sccc2C1)NCCn1cccc1. The van der Waals surface area contributed by atoms with Crippen LogP contribution in [0, 0.1) is 0 Å². The molecule has 3 rings (SSSR count). The van der Waals surface area contributed by atoms with E-state index in [1.54, 1.807) is 11.3 Å². The minimum Gasteiger partial charge on any atom is -0.357 e. The first-order valence-electron chi connectivity index (χ1n) is 9.22. The Morgan fingerprint density at radius 3 is 2.96 bits per heavy atom. The zero-order valence-corrected chi connectivity index (χ0v) is 16.1. The van der Waals surface area contributed by atoms with Gasteiger partial charge in [0.15, 0.2) is 5.96 Å². The summed E-state index contributed by atoms with van der Waals surface area (Å²) in [5, 5.41) is 8.66. The molecule has 0 fully saturated rings. The minimum atomic E-state index is 0.189. The molecule has 0 spiro atoms. The summed E-state index contributed by atoms with van der Waals surface area (Å²) < 4.78 is 2.12. The van der Waals surface area contributed by atoms with Gasteiger partial charge >= 0.3 is 0 Å². The lowest BCUT2D eigenvalue weighted by Gasteiger charge is -2.26. The minimum absolute atomic E-state index is 0.189. The molecule has 1 aliphatic heterocycles. The number of amides is 1. The van der Waals surface area contributed by atoms with E-state index in [9.17, 15) is 4.79 Å². The van der Waals surface area contributed by atoms with Gasteiger partial charge in [-0.3, -0.25) is 9.79 Å². The highest BCUT2D eigenvalue weighted by Crippen LogP contribution is 2.24. The molecule has 0 saturated carbocycles. The van der Waals surface area contributed by atoms with Crippen LogP contribution >= 0.6 is 11.3 Å². The molecular weight excluding hydrogens is 346 g/mol. The number of aliphatic imine (C=N–C) groups is 1. The highest BCUT2D eigenvalue weighted by atomic mass is 32.1. The predicted octanol–water partition coefficient (Wildman–Crippen LogP) is 2.08. The molecule has 0 radical (unpaired) electrons. The number of hydrogen-bond donors (Lipinski definition) is 2. The summed E-state index contributed by atoms with van der Waals surface area (Å²) in [6, 6.07) is 6.17. The van der Waals surface area contributed by atoms with Crippen molar-refractivity contribution in [3.05, 3.63) is 46.4 Å². The number of carbonyl (C=O) groups is 1. The summed E-state index contributed by atoms with van der Waals surface area (Å²) >= 11 is 1.79. The Hall–Kier alpha value is -2.28. The topological polar surface area (TPSA) is 61.7 Å². The van der Waals surface area contributed by atoms with E-state index in [1.807, 2.05) is 36.4 Å². The van der Waals surface area contributed by atoms with E-state index in [0.717, 1.165) is 45.1 Å². The Labute approximate surface area is 158 Å². The first kappa shape index (κ1) is 18.5. The summed E-state index contributed by atoms with van der Waals surface area (Å²) in [6.07, 6.45) is 5.52. The Kier molecular flexibility index (Phi) is 6.71. The van der Waals surface area contributed by atoms with Crippen LogP contribution < -0.4 is 10.6 Å². The lowest BCUT2D eigenvalue weighted by Crippen LogP contribution is -2.39. The van der Waals surface area contributed by atoms with Crippen molar-refractivity contribution in [3.8, 4) is 0 Å². The van der Waals surface area contributed by atoms with E-state index in [1.165, 1.54) is 10.4 Å². The average Bonchev–Trinajstić information content (AvgIpc) is 3.32. The summed E-state index contributed by atoms with van der Waals surface area (Å²) in [4.78, 5) is 20.4. The number of aromatic nitrogens is 1. The molecule has 0 saturated heterocycles. The predicted molar refractivity (Wildman–Crippen MR) is 106 cm³/mol. The van der Waals surface area contributed by atoms with Crippen LogP contribution in [0.4, 0.5) is 0 Å². The van der Waals surface area contributed by atoms with Crippen molar-refractivity contribution in [3.63, 3.8) is 0 Å². The molecule has 3 heterocycles. The van der Waals surface area contributed by atoms with Crippen LogP contribution in [0.3, 0.4) is 0 Å². The van der Waals surface area contributed by atoms with Crippen LogP contribution in [0.5, 0.6) is 0 Å². The number of nitrogens with zero attached hydrogens (tertiary/aromatic N) is 3. The van der Waals surface area contributed by atoms with Gasteiger partial charge in [0.1, 0.15) is 0 Å². The molecule has 0 unspecified atom stereocenters. The normalized spacial score (nSPS) is 14.2. The fourth-order valence-corrected chi connectivity index (χ4v) is 3.94. The number of hydrogen-bond acceptors (Lipinski definition) is 3. The van der Waals surface area contributed by atoms with Crippen molar-refractivity contribution in [2.24, 2.45) is 4.99 Å². The summed E-state index contributed by atoms with van der Waals surface area (Å²) in [5.74, 6) is 0.958.